The van der Waals surface area contributed by atoms with Crippen LogP contribution in [0.25, 0.3) is 0 Å². The van der Waals surface area contributed by atoms with Crippen molar-refractivity contribution in [3.63, 3.8) is 0 Å². The second-order valence-corrected chi connectivity index (χ2v) is 8.67. The molecule has 1 atom stereocenters. The summed E-state index contributed by atoms with van der Waals surface area (Å²) in [6, 6.07) is 22.5. The van der Waals surface area contributed by atoms with Crippen LogP contribution in [0.1, 0.15) is 23.7 Å². The predicted octanol–water partition coefficient (Wildman–Crippen LogP) is 5.42. The number of amides is 2. The van der Waals surface area contributed by atoms with Gasteiger partial charge in [0.1, 0.15) is 5.25 Å². The number of nitrogens with zero attached hydrogens (tertiary/aromatic N) is 1. The fourth-order valence-corrected chi connectivity index (χ4v) is 4.23. The Morgan fingerprint density at radius 2 is 1.62 bits per heavy atom. The van der Waals surface area contributed by atoms with Crippen LogP contribution in [0.4, 0.5) is 17.1 Å². The fraction of sp³-hybridized carbons (Fsp3) is 0.167. The highest BCUT2D eigenvalue weighted by atomic mass is 32.2. The smallest absolute Gasteiger partial charge is 0.269 e. The molecule has 1 aliphatic rings. The summed E-state index contributed by atoms with van der Waals surface area (Å²) in [5, 5.41) is 16.1. The summed E-state index contributed by atoms with van der Waals surface area (Å²) in [6.07, 6.45) is 1.86. The molecule has 0 heterocycles. The average molecular weight is 448 g/mol. The number of hydrogen-bond acceptors (Lipinski definition) is 5. The molecule has 8 heteroatoms. The molecule has 0 radical (unpaired) electrons. The standard InChI is InChI=1S/C24H21N3O4S/c28-23(17-9-10-17)26-19-7-4-8-21(15-19)32-22(16-5-2-1-3-6-16)24(29)25-18-11-13-20(14-12-18)27(30)31/h1-8,11-15,17,22H,9-10H2,(H,25,29)(H,26,28). The minimum Gasteiger partial charge on any atom is -0.326 e. The van der Waals surface area contributed by atoms with Crippen LogP contribution in [0.3, 0.4) is 0 Å². The molecule has 0 bridgehead atoms. The van der Waals surface area contributed by atoms with E-state index in [0.29, 0.717) is 11.4 Å². The summed E-state index contributed by atoms with van der Waals surface area (Å²) in [5.41, 5.74) is 1.97. The second-order valence-electron chi connectivity index (χ2n) is 7.49. The maximum atomic E-state index is 13.2. The SMILES string of the molecule is O=C(Nc1cccc(SC(C(=O)Nc2ccc([N+](=O)[O-])cc2)c2ccccc2)c1)C1CC1. The summed E-state index contributed by atoms with van der Waals surface area (Å²) < 4.78 is 0. The van der Waals surface area contributed by atoms with Crippen molar-refractivity contribution in [2.45, 2.75) is 23.0 Å². The zero-order valence-electron chi connectivity index (χ0n) is 17.1. The van der Waals surface area contributed by atoms with Crippen molar-refractivity contribution in [3.8, 4) is 0 Å². The van der Waals surface area contributed by atoms with E-state index in [1.54, 1.807) is 0 Å². The van der Waals surface area contributed by atoms with Crippen molar-refractivity contribution in [1.82, 2.24) is 0 Å². The summed E-state index contributed by atoms with van der Waals surface area (Å²) >= 11 is 1.37. The van der Waals surface area contributed by atoms with Crippen LogP contribution in [-0.4, -0.2) is 16.7 Å². The van der Waals surface area contributed by atoms with Gasteiger partial charge in [-0.3, -0.25) is 19.7 Å². The van der Waals surface area contributed by atoms with E-state index in [9.17, 15) is 19.7 Å². The van der Waals surface area contributed by atoms with Crippen LogP contribution in [-0.2, 0) is 9.59 Å². The lowest BCUT2D eigenvalue weighted by molar-refractivity contribution is -0.384. The summed E-state index contributed by atoms with van der Waals surface area (Å²) in [5.74, 6) is -0.110. The van der Waals surface area contributed by atoms with E-state index < -0.39 is 10.2 Å². The Bertz CT molecular complexity index is 1130. The monoisotopic (exact) mass is 447 g/mol. The Labute approximate surface area is 189 Å². The van der Waals surface area contributed by atoms with Crippen LogP contribution in [0.2, 0.25) is 0 Å². The number of carbonyl (C=O) groups excluding carboxylic acids is 2. The van der Waals surface area contributed by atoms with E-state index in [1.807, 2.05) is 54.6 Å². The van der Waals surface area contributed by atoms with Gasteiger partial charge in [-0.1, -0.05) is 36.4 Å². The van der Waals surface area contributed by atoms with Crippen LogP contribution in [0.5, 0.6) is 0 Å². The molecule has 2 N–H and O–H groups in total. The van der Waals surface area contributed by atoms with Crippen molar-refractivity contribution in [3.05, 3.63) is 94.5 Å². The number of thioether (sulfide) groups is 1. The number of carbonyl (C=O) groups is 2. The Kier molecular flexibility index (Phi) is 6.51. The maximum absolute atomic E-state index is 13.2. The molecular weight excluding hydrogens is 426 g/mol. The van der Waals surface area contributed by atoms with Crippen molar-refractivity contribution < 1.29 is 14.5 Å². The van der Waals surface area contributed by atoms with E-state index in [4.69, 9.17) is 0 Å². The molecule has 2 amide bonds. The fourth-order valence-electron chi connectivity index (χ4n) is 3.15. The number of rotatable bonds is 8. The molecule has 0 saturated heterocycles. The first-order chi connectivity index (χ1) is 15.5. The largest absolute Gasteiger partial charge is 0.326 e. The number of anilines is 2. The third-order valence-electron chi connectivity index (χ3n) is 4.99. The average Bonchev–Trinajstić information content (AvgIpc) is 3.64. The summed E-state index contributed by atoms with van der Waals surface area (Å²) in [7, 11) is 0. The van der Waals surface area contributed by atoms with Crippen molar-refractivity contribution in [2.24, 2.45) is 5.92 Å². The van der Waals surface area contributed by atoms with Crippen LogP contribution >= 0.6 is 11.8 Å². The minimum absolute atomic E-state index is 0.0303. The van der Waals surface area contributed by atoms with Gasteiger partial charge in [0.15, 0.2) is 0 Å². The topological polar surface area (TPSA) is 101 Å². The highest BCUT2D eigenvalue weighted by Crippen LogP contribution is 2.37. The predicted molar refractivity (Wildman–Crippen MR) is 125 cm³/mol. The van der Waals surface area contributed by atoms with Gasteiger partial charge in [-0.15, -0.1) is 11.8 Å². The molecule has 7 nitrogen and oxygen atoms in total. The second kappa shape index (κ2) is 9.65. The van der Waals surface area contributed by atoms with E-state index >= 15 is 0 Å². The van der Waals surface area contributed by atoms with Crippen molar-refractivity contribution in [2.75, 3.05) is 10.6 Å². The van der Waals surface area contributed by atoms with E-state index in [-0.39, 0.29) is 23.4 Å². The van der Waals surface area contributed by atoms with Gasteiger partial charge in [0.2, 0.25) is 11.8 Å². The highest BCUT2D eigenvalue weighted by molar-refractivity contribution is 8.00. The number of nitro benzene ring substituents is 1. The number of nitrogens with one attached hydrogen (secondary N) is 2. The Morgan fingerprint density at radius 1 is 0.906 bits per heavy atom. The molecule has 0 aliphatic heterocycles. The molecule has 32 heavy (non-hydrogen) atoms. The van der Waals surface area contributed by atoms with Gasteiger partial charge >= 0.3 is 0 Å². The first kappa shape index (κ1) is 21.6. The lowest BCUT2D eigenvalue weighted by atomic mass is 10.1. The molecule has 162 valence electrons. The van der Waals surface area contributed by atoms with Crippen molar-refractivity contribution >= 4 is 40.6 Å². The van der Waals surface area contributed by atoms with Gasteiger partial charge in [0.05, 0.1) is 4.92 Å². The molecule has 1 aliphatic carbocycles. The normalized spacial score (nSPS) is 13.8. The number of benzene rings is 3. The third-order valence-corrected chi connectivity index (χ3v) is 6.24. The van der Waals surface area contributed by atoms with Gasteiger partial charge in [-0.05, 0) is 48.7 Å². The lowest BCUT2D eigenvalue weighted by Gasteiger charge is -2.17. The highest BCUT2D eigenvalue weighted by Gasteiger charge is 2.29. The third kappa shape index (κ3) is 5.53. The van der Waals surface area contributed by atoms with Gasteiger partial charge in [-0.2, -0.15) is 0 Å². The van der Waals surface area contributed by atoms with Crippen LogP contribution in [0.15, 0.2) is 83.8 Å². The summed E-state index contributed by atoms with van der Waals surface area (Å²) in [4.78, 5) is 36.5. The van der Waals surface area contributed by atoms with Crippen LogP contribution in [0, 0.1) is 16.0 Å². The molecule has 1 saturated carbocycles. The first-order valence-electron chi connectivity index (χ1n) is 10.2. The Morgan fingerprint density at radius 3 is 2.28 bits per heavy atom. The zero-order chi connectivity index (χ0) is 22.5. The molecular formula is C24H21N3O4S. The Balaban J connectivity index is 1.52. The number of hydrogen-bond donors (Lipinski definition) is 2. The molecule has 0 aromatic heterocycles. The number of nitro groups is 1. The molecule has 3 aromatic carbocycles. The molecule has 1 fully saturated rings. The quantitative estimate of drug-likeness (QED) is 0.273. The molecule has 4 rings (SSSR count). The van der Waals surface area contributed by atoms with E-state index in [2.05, 4.69) is 10.6 Å². The van der Waals surface area contributed by atoms with Crippen LogP contribution < -0.4 is 10.6 Å². The lowest BCUT2D eigenvalue weighted by Crippen LogP contribution is -2.19. The number of non-ortho nitro benzene ring substituents is 1. The first-order valence-corrected chi connectivity index (χ1v) is 11.1. The van der Waals surface area contributed by atoms with E-state index in [1.165, 1.54) is 36.0 Å². The summed E-state index contributed by atoms with van der Waals surface area (Å²) in [6.45, 7) is 0. The maximum Gasteiger partial charge on any atom is 0.269 e. The molecule has 0 spiro atoms. The van der Waals surface area contributed by atoms with Crippen molar-refractivity contribution in [1.29, 1.82) is 0 Å². The van der Waals surface area contributed by atoms with Gasteiger partial charge in [0.25, 0.3) is 5.69 Å². The molecule has 3 aromatic rings. The van der Waals surface area contributed by atoms with Gasteiger partial charge in [0, 0.05) is 34.3 Å². The minimum atomic E-state index is -0.555. The van der Waals surface area contributed by atoms with E-state index in [0.717, 1.165) is 23.3 Å². The zero-order valence-corrected chi connectivity index (χ0v) is 17.9. The molecule has 1 unspecified atom stereocenters. The van der Waals surface area contributed by atoms with Gasteiger partial charge < -0.3 is 10.6 Å². The Hall–Kier alpha value is -3.65. The van der Waals surface area contributed by atoms with Gasteiger partial charge in [-0.25, -0.2) is 0 Å².